The molecule has 35 heavy (non-hydrogen) atoms. The van der Waals surface area contributed by atoms with Crippen LogP contribution in [0.25, 0.3) is 11.1 Å². The van der Waals surface area contributed by atoms with Gasteiger partial charge in [-0.1, -0.05) is 6.07 Å². The van der Waals surface area contributed by atoms with Gasteiger partial charge in [-0.05, 0) is 68.0 Å². The van der Waals surface area contributed by atoms with Crippen LogP contribution in [0.4, 0.5) is 13.2 Å². The predicted octanol–water partition coefficient (Wildman–Crippen LogP) is 3.82. The molecule has 2 fully saturated rings. The van der Waals surface area contributed by atoms with Crippen molar-refractivity contribution in [1.82, 2.24) is 10.3 Å². The summed E-state index contributed by atoms with van der Waals surface area (Å²) in [6, 6.07) is 8.35. The summed E-state index contributed by atoms with van der Waals surface area (Å²) in [6.45, 7) is 1.70. The van der Waals surface area contributed by atoms with Gasteiger partial charge in [-0.2, -0.15) is 18.4 Å². The molecule has 1 aromatic heterocycles. The van der Waals surface area contributed by atoms with E-state index in [0.29, 0.717) is 24.1 Å². The number of pyridine rings is 1. The summed E-state index contributed by atoms with van der Waals surface area (Å²) in [7, 11) is -3.14. The van der Waals surface area contributed by atoms with Gasteiger partial charge in [0.25, 0.3) is 0 Å². The van der Waals surface area contributed by atoms with Crippen LogP contribution in [0.5, 0.6) is 0 Å². The van der Waals surface area contributed by atoms with E-state index < -0.39 is 55.2 Å². The summed E-state index contributed by atoms with van der Waals surface area (Å²) < 4.78 is 74.3. The van der Waals surface area contributed by atoms with Crippen molar-refractivity contribution in [3.8, 4) is 17.2 Å². The molecule has 186 valence electrons. The van der Waals surface area contributed by atoms with Crippen molar-refractivity contribution in [3.63, 3.8) is 0 Å². The fourth-order valence-electron chi connectivity index (χ4n) is 4.55. The quantitative estimate of drug-likeness (QED) is 0.637. The maximum atomic E-state index is 14.0. The average molecular weight is 508 g/mol. The second-order valence-corrected chi connectivity index (χ2v) is 11.3. The highest BCUT2D eigenvalue weighted by Crippen LogP contribution is 2.43. The number of alkyl halides is 3. The zero-order valence-corrected chi connectivity index (χ0v) is 19.9. The van der Waals surface area contributed by atoms with Gasteiger partial charge in [0.1, 0.15) is 5.54 Å². The Balaban J connectivity index is 1.67. The number of nitrogens with zero attached hydrogens (tertiary/aromatic N) is 2. The van der Waals surface area contributed by atoms with Crippen molar-refractivity contribution in [2.24, 2.45) is 5.92 Å². The van der Waals surface area contributed by atoms with E-state index in [1.807, 2.05) is 6.07 Å². The van der Waals surface area contributed by atoms with Gasteiger partial charge >= 0.3 is 6.18 Å². The van der Waals surface area contributed by atoms with Crippen LogP contribution in [0.2, 0.25) is 0 Å². The van der Waals surface area contributed by atoms with E-state index >= 15 is 0 Å². The lowest BCUT2D eigenvalue weighted by atomic mass is 10.0. The standard InChI is InChI=1S/C24H24F3N3O4S/c1-14-9-16(5-8-29-14)15-3-4-21(19(10-15)24(25,26)27)35(32,33)17-11-18(20(12-17)34-2)22(31)30-23(13-28)6-7-23/h3-5,8-10,17-18,20H,6-7,11-12H2,1-2H3,(H,30,31)/t17-,18-,20-/m1/s1. The molecule has 0 aliphatic heterocycles. The first-order valence-corrected chi connectivity index (χ1v) is 12.6. The van der Waals surface area contributed by atoms with Crippen molar-refractivity contribution in [2.75, 3.05) is 7.11 Å². The Bertz CT molecular complexity index is 1300. The molecule has 2 aliphatic carbocycles. The molecule has 4 rings (SSSR count). The number of sulfone groups is 1. The Morgan fingerprint density at radius 1 is 1.20 bits per heavy atom. The number of hydrogen-bond donors (Lipinski definition) is 1. The summed E-state index contributed by atoms with van der Waals surface area (Å²) >= 11 is 0. The minimum absolute atomic E-state index is 0.126. The molecule has 1 aromatic carbocycles. The molecule has 1 N–H and O–H groups in total. The van der Waals surface area contributed by atoms with Gasteiger partial charge in [0, 0.05) is 19.0 Å². The minimum Gasteiger partial charge on any atom is -0.381 e. The van der Waals surface area contributed by atoms with Crippen LogP contribution in [-0.4, -0.2) is 43.3 Å². The minimum atomic E-state index is -4.92. The number of hydrogen-bond acceptors (Lipinski definition) is 6. The SMILES string of the molecule is CO[C@@H]1C[C@H](S(=O)(=O)c2ccc(-c3ccnc(C)c3)cc2C(F)(F)F)C[C@H]1C(=O)NC1(C#N)CC1. The molecule has 0 saturated heterocycles. The van der Waals surface area contributed by atoms with Gasteiger partial charge < -0.3 is 10.1 Å². The van der Waals surface area contributed by atoms with Crippen molar-refractivity contribution in [2.45, 2.75) is 60.6 Å². The molecule has 1 heterocycles. The summed E-state index contributed by atoms with van der Waals surface area (Å²) in [6.07, 6.45) is -3.57. The first kappa shape index (κ1) is 25.1. The second kappa shape index (κ2) is 8.91. The molecule has 0 spiro atoms. The van der Waals surface area contributed by atoms with E-state index in [1.54, 1.807) is 19.1 Å². The Hall–Kier alpha value is -2.97. The zero-order valence-electron chi connectivity index (χ0n) is 19.1. The van der Waals surface area contributed by atoms with Crippen molar-refractivity contribution >= 4 is 15.7 Å². The fourth-order valence-corrected chi connectivity index (χ4v) is 6.55. The van der Waals surface area contributed by atoms with Gasteiger partial charge in [0.15, 0.2) is 9.84 Å². The van der Waals surface area contributed by atoms with E-state index in [4.69, 9.17) is 4.74 Å². The molecular weight excluding hydrogens is 483 g/mol. The summed E-state index contributed by atoms with van der Waals surface area (Å²) in [5.74, 6) is -1.41. The molecule has 1 amide bonds. The van der Waals surface area contributed by atoms with Gasteiger partial charge in [-0.15, -0.1) is 0 Å². The Kier molecular flexibility index (Phi) is 6.40. The topological polar surface area (TPSA) is 109 Å². The fraction of sp³-hybridized carbons (Fsp3) is 0.458. The number of nitrogens with one attached hydrogen (secondary N) is 1. The van der Waals surface area contributed by atoms with E-state index in [1.165, 1.54) is 19.4 Å². The predicted molar refractivity (Wildman–Crippen MR) is 120 cm³/mol. The number of amides is 1. The monoisotopic (exact) mass is 507 g/mol. The number of ether oxygens (including phenoxy) is 1. The van der Waals surface area contributed by atoms with Crippen LogP contribution < -0.4 is 5.32 Å². The highest BCUT2D eigenvalue weighted by molar-refractivity contribution is 7.92. The first-order chi connectivity index (χ1) is 16.4. The van der Waals surface area contributed by atoms with Crippen LogP contribution in [0.1, 0.15) is 36.9 Å². The van der Waals surface area contributed by atoms with Gasteiger partial charge in [0.05, 0.1) is 33.8 Å². The largest absolute Gasteiger partial charge is 0.417 e. The third-order valence-corrected chi connectivity index (χ3v) is 8.92. The molecule has 11 heteroatoms. The molecule has 2 aromatic rings. The van der Waals surface area contributed by atoms with Crippen LogP contribution in [0.15, 0.2) is 41.4 Å². The highest BCUT2D eigenvalue weighted by Gasteiger charge is 2.51. The number of carbonyl (C=O) groups excluding carboxylic acids is 1. The van der Waals surface area contributed by atoms with E-state index in [2.05, 4.69) is 10.3 Å². The average Bonchev–Trinajstić information content (AvgIpc) is 3.43. The molecule has 0 unspecified atom stereocenters. The number of methoxy groups -OCH3 is 1. The Morgan fingerprint density at radius 3 is 2.46 bits per heavy atom. The Labute approximate surface area is 201 Å². The van der Waals surface area contributed by atoms with Gasteiger partial charge in [-0.25, -0.2) is 8.42 Å². The smallest absolute Gasteiger partial charge is 0.381 e. The van der Waals surface area contributed by atoms with E-state index in [-0.39, 0.29) is 18.4 Å². The molecule has 2 saturated carbocycles. The van der Waals surface area contributed by atoms with Gasteiger partial charge in [-0.3, -0.25) is 9.78 Å². The first-order valence-electron chi connectivity index (χ1n) is 11.0. The normalized spacial score (nSPS) is 23.5. The number of nitriles is 1. The van der Waals surface area contributed by atoms with E-state index in [9.17, 15) is 31.6 Å². The highest BCUT2D eigenvalue weighted by atomic mass is 32.2. The lowest BCUT2D eigenvalue weighted by Crippen LogP contribution is -2.42. The molecular formula is C24H24F3N3O4S. The molecule has 2 aliphatic rings. The van der Waals surface area contributed by atoms with Crippen LogP contribution in [0.3, 0.4) is 0 Å². The third kappa shape index (κ3) is 4.90. The Morgan fingerprint density at radius 2 is 1.89 bits per heavy atom. The molecule has 7 nitrogen and oxygen atoms in total. The van der Waals surface area contributed by atoms with Gasteiger partial charge in [0.2, 0.25) is 5.91 Å². The molecule has 3 atom stereocenters. The third-order valence-electron chi connectivity index (χ3n) is 6.69. The summed E-state index contributed by atoms with van der Waals surface area (Å²) in [4.78, 5) is 16.0. The van der Waals surface area contributed by atoms with E-state index in [0.717, 1.165) is 12.1 Å². The molecule has 0 radical (unpaired) electrons. The van der Waals surface area contributed by atoms with Crippen LogP contribution in [-0.2, 0) is 25.5 Å². The lowest BCUT2D eigenvalue weighted by Gasteiger charge is -2.19. The zero-order chi connectivity index (χ0) is 25.6. The number of aryl methyl sites for hydroxylation is 1. The number of carbonyl (C=O) groups is 1. The summed E-state index contributed by atoms with van der Waals surface area (Å²) in [5, 5.41) is 10.6. The maximum absolute atomic E-state index is 14.0. The maximum Gasteiger partial charge on any atom is 0.417 e. The van der Waals surface area contributed by atoms with Crippen LogP contribution >= 0.6 is 0 Å². The number of benzene rings is 1. The number of rotatable bonds is 6. The van der Waals surface area contributed by atoms with Crippen molar-refractivity contribution in [1.29, 1.82) is 5.26 Å². The summed E-state index contributed by atoms with van der Waals surface area (Å²) in [5.41, 5.74) is -0.899. The van der Waals surface area contributed by atoms with Crippen molar-refractivity contribution in [3.05, 3.63) is 47.8 Å². The lowest BCUT2D eigenvalue weighted by molar-refractivity contribution is -0.139. The number of aromatic nitrogens is 1. The van der Waals surface area contributed by atoms with Crippen LogP contribution in [0, 0.1) is 24.2 Å². The second-order valence-electron chi connectivity index (χ2n) is 9.10. The molecule has 0 bridgehead atoms. The van der Waals surface area contributed by atoms with Crippen molar-refractivity contribution < 1.29 is 31.1 Å². The number of halogens is 3.